The maximum Gasteiger partial charge on any atom is 0.228 e. The van der Waals surface area contributed by atoms with E-state index in [1.54, 1.807) is 17.1 Å². The van der Waals surface area contributed by atoms with Gasteiger partial charge in [0.2, 0.25) is 5.91 Å². The van der Waals surface area contributed by atoms with E-state index >= 15 is 0 Å². The van der Waals surface area contributed by atoms with Crippen molar-refractivity contribution in [3.8, 4) is 0 Å². The number of rotatable bonds is 3. The lowest BCUT2D eigenvalue weighted by Gasteiger charge is -2.16. The predicted octanol–water partition coefficient (Wildman–Crippen LogP) is 1.01. The zero-order valence-corrected chi connectivity index (χ0v) is 8.36. The van der Waals surface area contributed by atoms with Gasteiger partial charge in [-0.05, 0) is 26.1 Å². The van der Waals surface area contributed by atoms with Crippen LogP contribution in [0.2, 0.25) is 0 Å². The monoisotopic (exact) mass is 193 g/mol. The van der Waals surface area contributed by atoms with E-state index < -0.39 is 0 Å². The second kappa shape index (κ2) is 4.60. The normalized spacial score (nSPS) is 18.9. The third kappa shape index (κ3) is 2.02. The number of carbonyl (C=O) groups excluding carboxylic acids is 1. The van der Waals surface area contributed by atoms with Gasteiger partial charge in [0, 0.05) is 13.0 Å². The van der Waals surface area contributed by atoms with Crippen LogP contribution in [0.1, 0.15) is 19.8 Å². The summed E-state index contributed by atoms with van der Waals surface area (Å²) >= 11 is 0. The molecule has 0 aromatic carbocycles. The summed E-state index contributed by atoms with van der Waals surface area (Å²) in [5.41, 5.74) is 6.23. The van der Waals surface area contributed by atoms with E-state index in [0.717, 1.165) is 6.42 Å². The quantitative estimate of drug-likeness (QED) is 0.537. The summed E-state index contributed by atoms with van der Waals surface area (Å²) in [7, 11) is 0. The maximum atomic E-state index is 11.4. The summed E-state index contributed by atoms with van der Waals surface area (Å²) in [4.78, 5) is 16.8. The average Bonchev–Trinajstić information content (AvgIpc) is 2.54. The van der Waals surface area contributed by atoms with Crippen molar-refractivity contribution in [2.75, 3.05) is 6.54 Å². The number of hydrogen-bond acceptors (Lipinski definition) is 3. The number of amides is 1. The molecule has 0 aliphatic carbocycles. The molecule has 0 atom stereocenters. The Hall–Kier alpha value is -1.58. The molecule has 1 aliphatic rings. The molecular formula is C10H15N3O. The molecule has 0 spiro atoms. The summed E-state index contributed by atoms with van der Waals surface area (Å²) in [5.74, 6) is 0.547. The molecular weight excluding hydrogens is 178 g/mol. The highest BCUT2D eigenvalue weighted by atomic mass is 16.2. The number of nitrogens with zero attached hydrogens (tertiary/aromatic N) is 2. The second-order valence-electron chi connectivity index (χ2n) is 3.09. The standard InChI is InChI=1S/C10H15N3O/c1-3-5-8(11)10(12-2)13-7-4-6-9(13)14/h3,5H,2,4,6-7,11H2,1H3/b5-3-,10-8-. The minimum Gasteiger partial charge on any atom is -0.396 e. The van der Waals surface area contributed by atoms with Crippen molar-refractivity contribution in [2.45, 2.75) is 19.8 Å². The fourth-order valence-electron chi connectivity index (χ4n) is 1.46. The summed E-state index contributed by atoms with van der Waals surface area (Å²) in [6, 6.07) is 0. The van der Waals surface area contributed by atoms with E-state index in [0.29, 0.717) is 24.5 Å². The van der Waals surface area contributed by atoms with Crippen LogP contribution >= 0.6 is 0 Å². The minimum atomic E-state index is 0.0693. The molecule has 1 heterocycles. The van der Waals surface area contributed by atoms with Crippen LogP contribution in [0.4, 0.5) is 0 Å². The summed E-state index contributed by atoms with van der Waals surface area (Å²) in [6.45, 7) is 5.97. The molecule has 0 saturated carbocycles. The van der Waals surface area contributed by atoms with Crippen LogP contribution in [0, 0.1) is 0 Å². The number of likely N-dealkylation sites (tertiary alicyclic amines) is 1. The van der Waals surface area contributed by atoms with Crippen LogP contribution in [0.3, 0.4) is 0 Å². The van der Waals surface area contributed by atoms with E-state index in [1.807, 2.05) is 6.92 Å². The first-order valence-electron chi connectivity index (χ1n) is 4.60. The molecule has 1 aliphatic heterocycles. The summed E-state index contributed by atoms with van der Waals surface area (Å²) < 4.78 is 0. The lowest BCUT2D eigenvalue weighted by molar-refractivity contribution is -0.126. The van der Waals surface area contributed by atoms with Gasteiger partial charge in [-0.1, -0.05) is 6.08 Å². The van der Waals surface area contributed by atoms with Crippen LogP contribution in [0.25, 0.3) is 0 Å². The fraction of sp³-hybridized carbons (Fsp3) is 0.400. The minimum absolute atomic E-state index is 0.0693. The van der Waals surface area contributed by atoms with E-state index in [1.165, 1.54) is 0 Å². The smallest absolute Gasteiger partial charge is 0.228 e. The summed E-state index contributed by atoms with van der Waals surface area (Å²) in [5, 5.41) is 0. The molecule has 1 fully saturated rings. The summed E-state index contributed by atoms with van der Waals surface area (Å²) in [6.07, 6.45) is 4.96. The van der Waals surface area contributed by atoms with Crippen LogP contribution in [0.15, 0.2) is 28.7 Å². The Morgan fingerprint density at radius 2 is 2.43 bits per heavy atom. The predicted molar refractivity (Wildman–Crippen MR) is 56.5 cm³/mol. The molecule has 14 heavy (non-hydrogen) atoms. The Kier molecular flexibility index (Phi) is 3.45. The molecule has 0 aromatic heterocycles. The van der Waals surface area contributed by atoms with Gasteiger partial charge in [0.25, 0.3) is 0 Å². The van der Waals surface area contributed by atoms with Crippen molar-refractivity contribution in [2.24, 2.45) is 10.7 Å². The van der Waals surface area contributed by atoms with E-state index in [-0.39, 0.29) is 5.91 Å². The van der Waals surface area contributed by atoms with Crippen molar-refractivity contribution in [3.63, 3.8) is 0 Å². The van der Waals surface area contributed by atoms with Gasteiger partial charge >= 0.3 is 0 Å². The molecule has 0 radical (unpaired) electrons. The molecule has 4 heteroatoms. The fourth-order valence-corrected chi connectivity index (χ4v) is 1.46. The van der Waals surface area contributed by atoms with Crippen LogP contribution < -0.4 is 5.73 Å². The SMILES string of the molecule is C=N/C(=C(N)\C=C/C)N1CCCC1=O. The number of carbonyl (C=O) groups is 1. The van der Waals surface area contributed by atoms with Crippen LogP contribution in [0.5, 0.6) is 0 Å². The number of aliphatic imine (C=N–C) groups is 1. The van der Waals surface area contributed by atoms with Crippen LogP contribution in [-0.4, -0.2) is 24.1 Å². The van der Waals surface area contributed by atoms with Crippen molar-refractivity contribution < 1.29 is 4.79 Å². The number of hydrogen-bond donors (Lipinski definition) is 1. The Bertz CT molecular complexity index is 304. The average molecular weight is 193 g/mol. The molecule has 1 amide bonds. The highest BCUT2D eigenvalue weighted by molar-refractivity contribution is 5.80. The molecule has 0 unspecified atom stereocenters. The Balaban J connectivity index is 2.96. The number of nitrogens with two attached hydrogens (primary N) is 1. The lowest BCUT2D eigenvalue weighted by atomic mass is 10.3. The molecule has 1 saturated heterocycles. The van der Waals surface area contributed by atoms with E-state index in [9.17, 15) is 4.79 Å². The largest absolute Gasteiger partial charge is 0.396 e. The molecule has 1 rings (SSSR count). The first-order chi connectivity index (χ1) is 6.70. The van der Waals surface area contributed by atoms with Gasteiger partial charge in [-0.25, -0.2) is 4.99 Å². The van der Waals surface area contributed by atoms with Crippen molar-refractivity contribution in [1.29, 1.82) is 0 Å². The highest BCUT2D eigenvalue weighted by Gasteiger charge is 2.24. The topological polar surface area (TPSA) is 58.7 Å². The Labute approximate surface area is 83.8 Å². The van der Waals surface area contributed by atoms with Gasteiger partial charge in [-0.3, -0.25) is 9.69 Å². The Morgan fingerprint density at radius 3 is 2.86 bits per heavy atom. The zero-order valence-electron chi connectivity index (χ0n) is 8.36. The number of allylic oxidation sites excluding steroid dienone is 2. The van der Waals surface area contributed by atoms with Gasteiger partial charge in [0.05, 0.1) is 5.70 Å². The first-order valence-corrected chi connectivity index (χ1v) is 4.60. The molecule has 4 nitrogen and oxygen atoms in total. The van der Waals surface area contributed by atoms with Gasteiger partial charge in [0.1, 0.15) is 0 Å². The first kappa shape index (κ1) is 10.5. The van der Waals surface area contributed by atoms with Crippen molar-refractivity contribution in [3.05, 3.63) is 23.7 Å². The Morgan fingerprint density at radius 1 is 1.71 bits per heavy atom. The molecule has 76 valence electrons. The highest BCUT2D eigenvalue weighted by Crippen LogP contribution is 2.18. The third-order valence-corrected chi connectivity index (χ3v) is 2.08. The van der Waals surface area contributed by atoms with E-state index in [4.69, 9.17) is 5.73 Å². The van der Waals surface area contributed by atoms with E-state index in [2.05, 4.69) is 11.7 Å². The molecule has 2 N–H and O–H groups in total. The van der Waals surface area contributed by atoms with Gasteiger partial charge in [-0.15, -0.1) is 0 Å². The van der Waals surface area contributed by atoms with Crippen molar-refractivity contribution >= 4 is 12.6 Å². The zero-order chi connectivity index (χ0) is 10.6. The van der Waals surface area contributed by atoms with Gasteiger partial charge in [0.15, 0.2) is 5.82 Å². The molecule has 0 aromatic rings. The third-order valence-electron chi connectivity index (χ3n) is 2.08. The maximum absolute atomic E-state index is 11.4. The molecule has 0 bridgehead atoms. The lowest BCUT2D eigenvalue weighted by Crippen LogP contribution is -2.25. The van der Waals surface area contributed by atoms with Crippen molar-refractivity contribution in [1.82, 2.24) is 4.90 Å². The van der Waals surface area contributed by atoms with Crippen LogP contribution in [-0.2, 0) is 4.79 Å². The second-order valence-corrected chi connectivity index (χ2v) is 3.09. The van der Waals surface area contributed by atoms with Gasteiger partial charge in [-0.2, -0.15) is 0 Å². The van der Waals surface area contributed by atoms with Gasteiger partial charge < -0.3 is 5.73 Å².